The summed E-state index contributed by atoms with van der Waals surface area (Å²) in [7, 11) is 0. The molecule has 1 aliphatic carbocycles. The Morgan fingerprint density at radius 1 is 1.52 bits per heavy atom. The summed E-state index contributed by atoms with van der Waals surface area (Å²) in [5.41, 5.74) is 1.24. The van der Waals surface area contributed by atoms with Gasteiger partial charge in [-0.3, -0.25) is 4.79 Å². The Morgan fingerprint density at radius 3 is 3.10 bits per heavy atom. The first-order valence-electron chi connectivity index (χ1n) is 6.78. The summed E-state index contributed by atoms with van der Waals surface area (Å²) in [4.78, 5) is 12.3. The van der Waals surface area contributed by atoms with E-state index in [-0.39, 0.29) is 11.4 Å². The molecule has 110 valence electrons. The van der Waals surface area contributed by atoms with E-state index in [0.717, 1.165) is 30.6 Å². The van der Waals surface area contributed by atoms with E-state index in [4.69, 9.17) is 4.52 Å². The van der Waals surface area contributed by atoms with Crippen molar-refractivity contribution in [3.8, 4) is 0 Å². The molecule has 1 aliphatic rings. The summed E-state index contributed by atoms with van der Waals surface area (Å²) in [6, 6.07) is 4.47. The van der Waals surface area contributed by atoms with E-state index in [1.54, 1.807) is 6.07 Å². The second-order valence-electron chi connectivity index (χ2n) is 5.36. The second kappa shape index (κ2) is 5.60. The maximum absolute atomic E-state index is 13.8. The van der Waals surface area contributed by atoms with Crippen molar-refractivity contribution in [2.75, 3.05) is 5.32 Å². The highest BCUT2D eigenvalue weighted by Crippen LogP contribution is 2.28. The van der Waals surface area contributed by atoms with Gasteiger partial charge in [0, 0.05) is 16.5 Å². The van der Waals surface area contributed by atoms with Crippen LogP contribution in [0.3, 0.4) is 0 Å². The first-order valence-corrected chi connectivity index (χ1v) is 7.57. The van der Waals surface area contributed by atoms with Gasteiger partial charge in [-0.2, -0.15) is 0 Å². The Labute approximate surface area is 129 Å². The van der Waals surface area contributed by atoms with Gasteiger partial charge in [-0.15, -0.1) is 0 Å². The lowest BCUT2D eigenvalue weighted by atomic mass is 9.88. The van der Waals surface area contributed by atoms with Crippen molar-refractivity contribution in [1.29, 1.82) is 0 Å². The Kier molecular flexibility index (Phi) is 3.80. The van der Waals surface area contributed by atoms with Crippen molar-refractivity contribution >= 4 is 27.5 Å². The van der Waals surface area contributed by atoms with Gasteiger partial charge in [0.2, 0.25) is 0 Å². The maximum Gasteiger partial charge on any atom is 0.278 e. The van der Waals surface area contributed by atoms with Gasteiger partial charge in [0.25, 0.3) is 5.91 Å². The van der Waals surface area contributed by atoms with Crippen molar-refractivity contribution < 1.29 is 13.7 Å². The minimum absolute atomic E-state index is 0.129. The molecule has 3 rings (SSSR count). The van der Waals surface area contributed by atoms with Gasteiger partial charge < -0.3 is 9.84 Å². The van der Waals surface area contributed by atoms with Crippen LogP contribution in [-0.2, 0) is 12.8 Å². The third kappa shape index (κ3) is 2.85. The molecular weight excluding hydrogens is 339 g/mol. The van der Waals surface area contributed by atoms with E-state index < -0.39 is 11.7 Å². The molecule has 0 radical (unpaired) electrons. The maximum atomic E-state index is 13.8. The van der Waals surface area contributed by atoms with Crippen LogP contribution in [0, 0.1) is 11.7 Å². The van der Waals surface area contributed by atoms with E-state index in [1.165, 1.54) is 12.1 Å². The van der Waals surface area contributed by atoms with Gasteiger partial charge in [0.05, 0.1) is 5.69 Å². The first kappa shape index (κ1) is 14.3. The number of fused-ring (bicyclic) bond motifs is 1. The molecule has 0 saturated heterocycles. The molecule has 1 aromatic heterocycles. The lowest BCUT2D eigenvalue weighted by molar-refractivity contribution is 0.101. The third-order valence-corrected chi connectivity index (χ3v) is 4.17. The normalized spacial score (nSPS) is 17.4. The van der Waals surface area contributed by atoms with Crippen LogP contribution < -0.4 is 5.32 Å². The number of anilines is 1. The van der Waals surface area contributed by atoms with Gasteiger partial charge in [0.1, 0.15) is 11.6 Å². The van der Waals surface area contributed by atoms with Gasteiger partial charge in [-0.25, -0.2) is 4.39 Å². The summed E-state index contributed by atoms with van der Waals surface area (Å²) in [6.07, 6.45) is 2.60. The molecule has 1 N–H and O–H groups in total. The van der Waals surface area contributed by atoms with Crippen LogP contribution >= 0.6 is 15.9 Å². The van der Waals surface area contributed by atoms with Crippen molar-refractivity contribution in [2.24, 2.45) is 5.92 Å². The van der Waals surface area contributed by atoms with Crippen LogP contribution in [0.1, 0.15) is 35.2 Å². The molecule has 0 bridgehead atoms. The van der Waals surface area contributed by atoms with Gasteiger partial charge in [-0.1, -0.05) is 28.0 Å². The van der Waals surface area contributed by atoms with Crippen LogP contribution in [0.5, 0.6) is 0 Å². The summed E-state index contributed by atoms with van der Waals surface area (Å²) in [5.74, 6) is 0.334. The quantitative estimate of drug-likeness (QED) is 0.889. The molecule has 6 heteroatoms. The molecule has 1 unspecified atom stereocenters. The van der Waals surface area contributed by atoms with Crippen LogP contribution in [0.2, 0.25) is 0 Å². The summed E-state index contributed by atoms with van der Waals surface area (Å²) in [5, 5.41) is 6.40. The van der Waals surface area contributed by atoms with Gasteiger partial charge >= 0.3 is 0 Å². The number of aryl methyl sites for hydroxylation is 1. The number of benzene rings is 1. The van der Waals surface area contributed by atoms with Crippen LogP contribution in [-0.4, -0.2) is 11.1 Å². The minimum atomic E-state index is -0.497. The molecule has 0 saturated carbocycles. The summed E-state index contributed by atoms with van der Waals surface area (Å²) >= 11 is 3.18. The molecule has 4 nitrogen and oxygen atoms in total. The number of amides is 1. The predicted octanol–water partition coefficient (Wildman–Crippen LogP) is 3.95. The Hall–Kier alpha value is -1.69. The Bertz CT molecular complexity index is 699. The molecule has 1 amide bonds. The molecule has 0 aliphatic heterocycles. The average Bonchev–Trinajstić information content (AvgIpc) is 2.85. The summed E-state index contributed by atoms with van der Waals surface area (Å²) < 4.78 is 19.6. The number of carbonyl (C=O) groups excluding carboxylic acids is 1. The van der Waals surface area contributed by atoms with E-state index in [9.17, 15) is 9.18 Å². The zero-order valence-corrected chi connectivity index (χ0v) is 13.0. The molecule has 1 atom stereocenters. The van der Waals surface area contributed by atoms with E-state index in [2.05, 4.69) is 33.3 Å². The lowest BCUT2D eigenvalue weighted by Crippen LogP contribution is -2.18. The van der Waals surface area contributed by atoms with Crippen LogP contribution in [0.4, 0.5) is 10.1 Å². The predicted molar refractivity (Wildman–Crippen MR) is 79.7 cm³/mol. The van der Waals surface area contributed by atoms with Crippen LogP contribution in [0.15, 0.2) is 27.2 Å². The van der Waals surface area contributed by atoms with Crippen molar-refractivity contribution in [1.82, 2.24) is 5.16 Å². The fourth-order valence-corrected chi connectivity index (χ4v) is 2.86. The van der Waals surface area contributed by atoms with Crippen LogP contribution in [0.25, 0.3) is 0 Å². The zero-order chi connectivity index (χ0) is 15.0. The minimum Gasteiger partial charge on any atom is -0.360 e. The topological polar surface area (TPSA) is 55.1 Å². The van der Waals surface area contributed by atoms with E-state index >= 15 is 0 Å². The Balaban J connectivity index is 1.85. The average molecular weight is 353 g/mol. The fraction of sp³-hybridized carbons (Fsp3) is 0.333. The smallest absolute Gasteiger partial charge is 0.278 e. The first-order chi connectivity index (χ1) is 10.0. The highest BCUT2D eigenvalue weighted by atomic mass is 79.9. The molecule has 21 heavy (non-hydrogen) atoms. The number of hydrogen-bond acceptors (Lipinski definition) is 3. The van der Waals surface area contributed by atoms with Gasteiger partial charge in [-0.05, 0) is 37.0 Å². The van der Waals surface area contributed by atoms with Gasteiger partial charge in [0.15, 0.2) is 5.69 Å². The van der Waals surface area contributed by atoms with E-state index in [1.807, 2.05) is 0 Å². The molecular formula is C15H14BrFN2O2. The molecule has 2 aromatic rings. The number of aromatic nitrogens is 1. The summed E-state index contributed by atoms with van der Waals surface area (Å²) in [6.45, 7) is 2.13. The molecule has 1 aromatic carbocycles. The highest BCUT2D eigenvalue weighted by molar-refractivity contribution is 9.10. The monoisotopic (exact) mass is 352 g/mol. The number of rotatable bonds is 2. The largest absolute Gasteiger partial charge is 0.360 e. The van der Waals surface area contributed by atoms with Crippen molar-refractivity contribution in [3.05, 3.63) is 45.5 Å². The number of nitrogens with one attached hydrogen (secondary N) is 1. The highest BCUT2D eigenvalue weighted by Gasteiger charge is 2.27. The zero-order valence-electron chi connectivity index (χ0n) is 11.5. The Morgan fingerprint density at radius 2 is 2.33 bits per heavy atom. The second-order valence-corrected chi connectivity index (χ2v) is 6.27. The van der Waals surface area contributed by atoms with Crippen molar-refractivity contribution in [3.63, 3.8) is 0 Å². The molecule has 0 fully saturated rings. The van der Waals surface area contributed by atoms with E-state index in [0.29, 0.717) is 10.4 Å². The van der Waals surface area contributed by atoms with Crippen molar-refractivity contribution in [2.45, 2.75) is 26.2 Å². The fourth-order valence-electron chi connectivity index (χ4n) is 2.53. The standard InChI is InChI=1S/C15H14BrFN2O2/c1-8-2-5-13-10(6-8)14(19-21-13)15(20)18-12-4-3-9(16)7-11(12)17/h3-4,7-8H,2,5-6H2,1H3,(H,18,20). The number of carbonyl (C=O) groups is 1. The third-order valence-electron chi connectivity index (χ3n) is 3.68. The number of hydrogen-bond donors (Lipinski definition) is 1. The lowest BCUT2D eigenvalue weighted by Gasteiger charge is -2.16. The SMILES string of the molecule is CC1CCc2onc(C(=O)Nc3ccc(Br)cc3F)c2C1. The molecule has 0 spiro atoms. The number of nitrogens with zero attached hydrogens (tertiary/aromatic N) is 1. The molecule has 1 heterocycles. The number of halogens is 2.